The lowest BCUT2D eigenvalue weighted by Crippen LogP contribution is -2.05. The van der Waals surface area contributed by atoms with E-state index in [1.807, 2.05) is 13.0 Å². The Morgan fingerprint density at radius 3 is 3.15 bits per heavy atom. The van der Waals surface area contributed by atoms with Gasteiger partial charge in [-0.05, 0) is 19.4 Å². The highest BCUT2D eigenvalue weighted by atomic mass is 16.5. The van der Waals surface area contributed by atoms with Gasteiger partial charge in [0.25, 0.3) is 0 Å². The summed E-state index contributed by atoms with van der Waals surface area (Å²) in [5.41, 5.74) is 0. The molecule has 0 aromatic rings. The van der Waals surface area contributed by atoms with Crippen LogP contribution in [0.3, 0.4) is 0 Å². The maximum atomic E-state index is 11.4. The van der Waals surface area contributed by atoms with Crippen molar-refractivity contribution in [2.75, 3.05) is 19.8 Å². The summed E-state index contributed by atoms with van der Waals surface area (Å²) in [6.45, 7) is 3.99. The van der Waals surface area contributed by atoms with E-state index in [0.717, 1.165) is 12.8 Å². The Bertz CT molecular complexity index is 196. The fourth-order valence-corrected chi connectivity index (χ4v) is 1.21. The molecule has 0 bridgehead atoms. The van der Waals surface area contributed by atoms with Crippen molar-refractivity contribution < 1.29 is 14.3 Å². The van der Waals surface area contributed by atoms with Gasteiger partial charge >= 0.3 is 0 Å². The fourth-order valence-electron chi connectivity index (χ4n) is 1.21. The zero-order valence-corrected chi connectivity index (χ0v) is 8.04. The number of hydrogen-bond acceptors (Lipinski definition) is 3. The molecule has 0 amide bonds. The molecule has 0 saturated carbocycles. The molecule has 0 atom stereocenters. The van der Waals surface area contributed by atoms with Crippen molar-refractivity contribution in [1.29, 1.82) is 0 Å². The Morgan fingerprint density at radius 1 is 1.69 bits per heavy atom. The topological polar surface area (TPSA) is 35.5 Å². The van der Waals surface area contributed by atoms with Gasteiger partial charge in [-0.3, -0.25) is 4.79 Å². The van der Waals surface area contributed by atoms with Gasteiger partial charge in [-0.1, -0.05) is 0 Å². The monoisotopic (exact) mass is 184 g/mol. The predicted molar refractivity (Wildman–Crippen MR) is 49.4 cm³/mol. The highest BCUT2D eigenvalue weighted by Crippen LogP contribution is 2.12. The van der Waals surface area contributed by atoms with Crippen molar-refractivity contribution >= 4 is 5.78 Å². The molecular weight excluding hydrogens is 168 g/mol. The SMILES string of the molecule is CCOCCCC(=O)C1=CCCO1. The Hall–Kier alpha value is -0.830. The van der Waals surface area contributed by atoms with E-state index in [-0.39, 0.29) is 5.78 Å². The molecule has 0 spiro atoms. The Balaban J connectivity index is 2.10. The third-order valence-electron chi connectivity index (χ3n) is 1.88. The van der Waals surface area contributed by atoms with Gasteiger partial charge in [-0.25, -0.2) is 0 Å². The van der Waals surface area contributed by atoms with Crippen LogP contribution in [-0.4, -0.2) is 25.6 Å². The lowest BCUT2D eigenvalue weighted by Gasteiger charge is -2.02. The van der Waals surface area contributed by atoms with Crippen LogP contribution in [0.15, 0.2) is 11.8 Å². The lowest BCUT2D eigenvalue weighted by atomic mass is 10.2. The number of ether oxygens (including phenoxy) is 2. The standard InChI is InChI=1S/C10H16O3/c1-2-12-7-3-5-9(11)10-6-4-8-13-10/h6H,2-5,7-8H2,1H3. The van der Waals surface area contributed by atoms with E-state index in [1.54, 1.807) is 0 Å². The number of rotatable bonds is 6. The zero-order chi connectivity index (χ0) is 9.52. The Kier molecular flexibility index (Phi) is 4.54. The highest BCUT2D eigenvalue weighted by Gasteiger charge is 2.13. The van der Waals surface area contributed by atoms with Crippen LogP contribution in [-0.2, 0) is 14.3 Å². The van der Waals surface area contributed by atoms with Gasteiger partial charge in [-0.15, -0.1) is 0 Å². The molecule has 0 aliphatic carbocycles. The maximum absolute atomic E-state index is 11.4. The number of carbonyl (C=O) groups is 1. The Labute approximate surface area is 78.7 Å². The molecule has 1 rings (SSSR count). The van der Waals surface area contributed by atoms with E-state index < -0.39 is 0 Å². The van der Waals surface area contributed by atoms with E-state index in [2.05, 4.69) is 0 Å². The number of hydrogen-bond donors (Lipinski definition) is 0. The van der Waals surface area contributed by atoms with Crippen LogP contribution in [0, 0.1) is 0 Å². The van der Waals surface area contributed by atoms with Crippen LogP contribution in [0.5, 0.6) is 0 Å². The summed E-state index contributed by atoms with van der Waals surface area (Å²) in [6.07, 6.45) is 4.05. The third kappa shape index (κ3) is 3.59. The number of allylic oxidation sites excluding steroid dienone is 1. The molecule has 1 aliphatic rings. The van der Waals surface area contributed by atoms with Gasteiger partial charge in [-0.2, -0.15) is 0 Å². The van der Waals surface area contributed by atoms with Gasteiger partial charge in [0, 0.05) is 26.1 Å². The van der Waals surface area contributed by atoms with Gasteiger partial charge in [0.15, 0.2) is 11.5 Å². The summed E-state index contributed by atoms with van der Waals surface area (Å²) >= 11 is 0. The molecular formula is C10H16O3. The Morgan fingerprint density at radius 2 is 2.54 bits per heavy atom. The molecule has 0 radical (unpaired) electrons. The fraction of sp³-hybridized carbons (Fsp3) is 0.700. The minimum atomic E-state index is 0.109. The maximum Gasteiger partial charge on any atom is 0.197 e. The molecule has 0 N–H and O–H groups in total. The van der Waals surface area contributed by atoms with E-state index in [9.17, 15) is 4.79 Å². The average molecular weight is 184 g/mol. The molecule has 1 heterocycles. The van der Waals surface area contributed by atoms with Crippen LogP contribution < -0.4 is 0 Å². The van der Waals surface area contributed by atoms with Crippen LogP contribution in [0.25, 0.3) is 0 Å². The first-order chi connectivity index (χ1) is 6.34. The molecule has 0 unspecified atom stereocenters. The quantitative estimate of drug-likeness (QED) is 0.589. The molecule has 13 heavy (non-hydrogen) atoms. The van der Waals surface area contributed by atoms with Gasteiger partial charge < -0.3 is 9.47 Å². The van der Waals surface area contributed by atoms with Crippen molar-refractivity contribution in [2.45, 2.75) is 26.2 Å². The first kappa shape index (κ1) is 10.3. The van der Waals surface area contributed by atoms with Crippen LogP contribution in [0.1, 0.15) is 26.2 Å². The number of ketones is 1. The van der Waals surface area contributed by atoms with Crippen LogP contribution in [0.4, 0.5) is 0 Å². The lowest BCUT2D eigenvalue weighted by molar-refractivity contribution is -0.118. The molecule has 74 valence electrons. The second kappa shape index (κ2) is 5.75. The number of Topliss-reactive ketones (excluding diaryl/α,β-unsaturated/α-hetero) is 1. The first-order valence-corrected chi connectivity index (χ1v) is 4.78. The summed E-state index contributed by atoms with van der Waals surface area (Å²) < 4.78 is 10.3. The summed E-state index contributed by atoms with van der Waals surface area (Å²) in [6, 6.07) is 0. The predicted octanol–water partition coefficient (Wildman–Crippen LogP) is 1.68. The molecule has 3 nitrogen and oxygen atoms in total. The third-order valence-corrected chi connectivity index (χ3v) is 1.88. The van der Waals surface area contributed by atoms with Gasteiger partial charge in [0.05, 0.1) is 6.61 Å². The van der Waals surface area contributed by atoms with Gasteiger partial charge in [0.2, 0.25) is 0 Å². The average Bonchev–Trinajstić information content (AvgIpc) is 2.65. The second-order valence-electron chi connectivity index (χ2n) is 2.93. The second-order valence-corrected chi connectivity index (χ2v) is 2.93. The van der Waals surface area contributed by atoms with E-state index in [0.29, 0.717) is 32.0 Å². The highest BCUT2D eigenvalue weighted by molar-refractivity contribution is 5.93. The molecule has 1 aliphatic heterocycles. The summed E-state index contributed by atoms with van der Waals surface area (Å²) in [5.74, 6) is 0.661. The smallest absolute Gasteiger partial charge is 0.197 e. The van der Waals surface area contributed by atoms with E-state index >= 15 is 0 Å². The minimum Gasteiger partial charge on any atom is -0.490 e. The molecule has 0 aromatic carbocycles. The van der Waals surface area contributed by atoms with Crippen molar-refractivity contribution in [3.63, 3.8) is 0 Å². The van der Waals surface area contributed by atoms with Crippen molar-refractivity contribution in [2.24, 2.45) is 0 Å². The summed E-state index contributed by atoms with van der Waals surface area (Å²) in [5, 5.41) is 0. The summed E-state index contributed by atoms with van der Waals surface area (Å²) in [7, 11) is 0. The first-order valence-electron chi connectivity index (χ1n) is 4.78. The van der Waals surface area contributed by atoms with E-state index in [1.165, 1.54) is 0 Å². The largest absolute Gasteiger partial charge is 0.490 e. The van der Waals surface area contributed by atoms with Crippen molar-refractivity contribution in [1.82, 2.24) is 0 Å². The normalized spacial score (nSPS) is 15.3. The van der Waals surface area contributed by atoms with Crippen molar-refractivity contribution in [3.8, 4) is 0 Å². The summed E-state index contributed by atoms with van der Waals surface area (Å²) in [4.78, 5) is 11.4. The van der Waals surface area contributed by atoms with Crippen LogP contribution >= 0.6 is 0 Å². The molecule has 0 saturated heterocycles. The number of carbonyl (C=O) groups excluding carboxylic acids is 1. The zero-order valence-electron chi connectivity index (χ0n) is 8.04. The molecule has 3 heteroatoms. The van der Waals surface area contributed by atoms with E-state index in [4.69, 9.17) is 9.47 Å². The van der Waals surface area contributed by atoms with Gasteiger partial charge in [0.1, 0.15) is 0 Å². The molecule has 0 fully saturated rings. The van der Waals surface area contributed by atoms with Crippen LogP contribution in [0.2, 0.25) is 0 Å². The van der Waals surface area contributed by atoms with Crippen molar-refractivity contribution in [3.05, 3.63) is 11.8 Å². The molecule has 0 aromatic heterocycles. The minimum absolute atomic E-state index is 0.109.